The molecule has 2 atom stereocenters. The number of nitrogen functional groups attached to an aromatic ring is 1. The Morgan fingerprint density at radius 3 is 2.54 bits per heavy atom. The molecular formula is C19H20FN5O. The number of fused-ring (bicyclic) bond motifs is 1. The lowest BCUT2D eigenvalue weighted by molar-refractivity contribution is 0.340. The molecule has 0 saturated heterocycles. The molecule has 2 heterocycles. The predicted octanol–water partition coefficient (Wildman–Crippen LogP) is 3.54. The number of anilines is 2. The maximum absolute atomic E-state index is 13.3. The quantitative estimate of drug-likeness (QED) is 0.750. The van der Waals surface area contributed by atoms with E-state index in [2.05, 4.69) is 15.4 Å². The van der Waals surface area contributed by atoms with Gasteiger partial charge in [0.05, 0.1) is 18.7 Å². The summed E-state index contributed by atoms with van der Waals surface area (Å²) in [5.41, 5.74) is 7.89. The van der Waals surface area contributed by atoms with Gasteiger partial charge in [-0.15, -0.1) is 5.10 Å². The van der Waals surface area contributed by atoms with Crippen LogP contribution in [-0.2, 0) is 0 Å². The third-order valence-electron chi connectivity index (χ3n) is 4.55. The standard InChI is InChI=1S/C19H20FN5O/c1-2-26-15-9-5-12(6-10-15)16-11-17(13-3-7-14(20)8-4-13)25-19(22-16)23-18(21)24-25/h3-10,16-17H,2,11H2,1H3,(H3,21,22,23,24)/t16-,17+/m1/s1. The van der Waals surface area contributed by atoms with E-state index in [-0.39, 0.29) is 23.8 Å². The van der Waals surface area contributed by atoms with Gasteiger partial charge in [0.2, 0.25) is 11.9 Å². The van der Waals surface area contributed by atoms with Gasteiger partial charge in [0.15, 0.2) is 0 Å². The minimum Gasteiger partial charge on any atom is -0.494 e. The molecule has 0 bridgehead atoms. The van der Waals surface area contributed by atoms with Crippen molar-refractivity contribution in [1.29, 1.82) is 0 Å². The number of hydrogen-bond acceptors (Lipinski definition) is 5. The van der Waals surface area contributed by atoms with Gasteiger partial charge in [0.1, 0.15) is 11.6 Å². The third-order valence-corrected chi connectivity index (χ3v) is 4.55. The summed E-state index contributed by atoms with van der Waals surface area (Å²) < 4.78 is 20.6. The molecule has 26 heavy (non-hydrogen) atoms. The van der Waals surface area contributed by atoms with E-state index in [0.29, 0.717) is 12.6 Å². The van der Waals surface area contributed by atoms with Crippen LogP contribution in [0.3, 0.4) is 0 Å². The van der Waals surface area contributed by atoms with E-state index in [1.807, 2.05) is 31.2 Å². The van der Waals surface area contributed by atoms with E-state index >= 15 is 0 Å². The number of aromatic nitrogens is 3. The fourth-order valence-electron chi connectivity index (χ4n) is 3.34. The summed E-state index contributed by atoms with van der Waals surface area (Å²) in [6, 6.07) is 14.4. The molecule has 4 rings (SSSR count). The molecule has 0 radical (unpaired) electrons. The average Bonchev–Trinajstić information content (AvgIpc) is 3.03. The number of rotatable bonds is 4. The Labute approximate surface area is 150 Å². The van der Waals surface area contributed by atoms with E-state index in [0.717, 1.165) is 23.3 Å². The highest BCUT2D eigenvalue weighted by Crippen LogP contribution is 2.38. The molecule has 6 nitrogen and oxygen atoms in total. The first-order valence-corrected chi connectivity index (χ1v) is 8.61. The Hall–Kier alpha value is -3.09. The van der Waals surface area contributed by atoms with Crippen molar-refractivity contribution in [3.8, 4) is 5.75 Å². The van der Waals surface area contributed by atoms with Crippen molar-refractivity contribution in [2.24, 2.45) is 0 Å². The maximum atomic E-state index is 13.3. The Bertz CT molecular complexity index is 891. The van der Waals surface area contributed by atoms with Crippen molar-refractivity contribution < 1.29 is 9.13 Å². The molecule has 7 heteroatoms. The predicted molar refractivity (Wildman–Crippen MR) is 97.6 cm³/mol. The molecule has 1 aliphatic rings. The van der Waals surface area contributed by atoms with Gasteiger partial charge in [0.25, 0.3) is 0 Å². The van der Waals surface area contributed by atoms with Gasteiger partial charge < -0.3 is 15.8 Å². The number of nitrogens with two attached hydrogens (primary N) is 1. The highest BCUT2D eigenvalue weighted by Gasteiger charge is 2.30. The number of hydrogen-bond donors (Lipinski definition) is 2. The normalized spacial score (nSPS) is 18.8. The van der Waals surface area contributed by atoms with Crippen LogP contribution in [0.15, 0.2) is 48.5 Å². The van der Waals surface area contributed by atoms with Crippen LogP contribution in [0.1, 0.15) is 36.6 Å². The first-order valence-electron chi connectivity index (χ1n) is 8.61. The monoisotopic (exact) mass is 353 g/mol. The van der Waals surface area contributed by atoms with Crippen LogP contribution in [0.5, 0.6) is 5.75 Å². The van der Waals surface area contributed by atoms with E-state index in [9.17, 15) is 4.39 Å². The van der Waals surface area contributed by atoms with Gasteiger partial charge in [0, 0.05) is 0 Å². The van der Waals surface area contributed by atoms with Gasteiger partial charge in [-0.05, 0) is 48.7 Å². The second kappa shape index (κ2) is 6.67. The fraction of sp³-hybridized carbons (Fsp3) is 0.263. The highest BCUT2D eigenvalue weighted by molar-refractivity contribution is 5.42. The summed E-state index contributed by atoms with van der Waals surface area (Å²) in [5, 5.41) is 7.70. The van der Waals surface area contributed by atoms with Gasteiger partial charge in [-0.25, -0.2) is 9.07 Å². The molecule has 0 amide bonds. The molecular weight excluding hydrogens is 333 g/mol. The van der Waals surface area contributed by atoms with E-state index in [4.69, 9.17) is 10.5 Å². The number of ether oxygens (including phenoxy) is 1. The summed E-state index contributed by atoms with van der Waals surface area (Å²) in [7, 11) is 0. The Morgan fingerprint density at radius 2 is 1.85 bits per heavy atom. The largest absolute Gasteiger partial charge is 0.494 e. The van der Waals surface area contributed by atoms with Crippen LogP contribution < -0.4 is 15.8 Å². The maximum Gasteiger partial charge on any atom is 0.241 e. The fourth-order valence-corrected chi connectivity index (χ4v) is 3.34. The molecule has 0 saturated carbocycles. The van der Waals surface area contributed by atoms with Gasteiger partial charge in [-0.3, -0.25) is 0 Å². The first-order chi connectivity index (χ1) is 12.6. The SMILES string of the molecule is CCOc1ccc([C@H]2C[C@@H](c3ccc(F)cc3)n3nc(N)nc3N2)cc1. The number of benzene rings is 2. The van der Waals surface area contributed by atoms with Crippen molar-refractivity contribution >= 4 is 11.9 Å². The highest BCUT2D eigenvalue weighted by atomic mass is 19.1. The van der Waals surface area contributed by atoms with Crippen LogP contribution in [0.2, 0.25) is 0 Å². The van der Waals surface area contributed by atoms with Crippen molar-refractivity contribution in [1.82, 2.24) is 14.8 Å². The average molecular weight is 353 g/mol. The van der Waals surface area contributed by atoms with Crippen LogP contribution in [0.4, 0.5) is 16.3 Å². The molecule has 134 valence electrons. The zero-order valence-corrected chi connectivity index (χ0v) is 14.4. The van der Waals surface area contributed by atoms with Crippen molar-refractivity contribution in [3.05, 3.63) is 65.5 Å². The van der Waals surface area contributed by atoms with Crippen molar-refractivity contribution in [3.63, 3.8) is 0 Å². The molecule has 2 aromatic carbocycles. The summed E-state index contributed by atoms with van der Waals surface area (Å²) in [6.07, 6.45) is 0.745. The zero-order valence-electron chi connectivity index (χ0n) is 14.4. The molecule has 0 spiro atoms. The smallest absolute Gasteiger partial charge is 0.241 e. The van der Waals surface area contributed by atoms with Gasteiger partial charge in [-0.2, -0.15) is 4.98 Å². The van der Waals surface area contributed by atoms with Crippen LogP contribution in [0.25, 0.3) is 0 Å². The Morgan fingerprint density at radius 1 is 1.15 bits per heavy atom. The molecule has 3 N–H and O–H groups in total. The zero-order chi connectivity index (χ0) is 18.1. The van der Waals surface area contributed by atoms with Crippen LogP contribution in [0, 0.1) is 5.82 Å². The topological polar surface area (TPSA) is 78.0 Å². The lowest BCUT2D eigenvalue weighted by Crippen LogP contribution is -2.28. The molecule has 1 aliphatic heterocycles. The van der Waals surface area contributed by atoms with E-state index in [1.54, 1.807) is 16.8 Å². The second-order valence-corrected chi connectivity index (χ2v) is 6.24. The third kappa shape index (κ3) is 3.08. The van der Waals surface area contributed by atoms with Crippen molar-refractivity contribution in [2.75, 3.05) is 17.7 Å². The lowest BCUT2D eigenvalue weighted by Gasteiger charge is -2.31. The summed E-state index contributed by atoms with van der Waals surface area (Å²) in [4.78, 5) is 4.29. The number of halogens is 1. The molecule has 0 fully saturated rings. The number of nitrogens with one attached hydrogen (secondary N) is 1. The summed E-state index contributed by atoms with van der Waals surface area (Å²) >= 11 is 0. The molecule has 3 aromatic rings. The van der Waals surface area contributed by atoms with Gasteiger partial charge in [-0.1, -0.05) is 24.3 Å². The number of nitrogens with zero attached hydrogens (tertiary/aromatic N) is 3. The summed E-state index contributed by atoms with van der Waals surface area (Å²) in [5.74, 6) is 1.41. The second-order valence-electron chi connectivity index (χ2n) is 6.24. The molecule has 0 aliphatic carbocycles. The van der Waals surface area contributed by atoms with Gasteiger partial charge >= 0.3 is 0 Å². The minimum atomic E-state index is -0.260. The van der Waals surface area contributed by atoms with Crippen molar-refractivity contribution in [2.45, 2.75) is 25.4 Å². The Kier molecular flexibility index (Phi) is 4.20. The molecule has 0 unspecified atom stereocenters. The molecule has 1 aromatic heterocycles. The Balaban J connectivity index is 1.67. The lowest BCUT2D eigenvalue weighted by atomic mass is 9.93. The van der Waals surface area contributed by atoms with E-state index in [1.165, 1.54) is 12.1 Å². The van der Waals surface area contributed by atoms with Crippen LogP contribution in [-0.4, -0.2) is 21.4 Å². The minimum absolute atomic E-state index is 0.0387. The first kappa shape index (κ1) is 16.4. The van der Waals surface area contributed by atoms with E-state index < -0.39 is 0 Å². The van der Waals surface area contributed by atoms with Crippen LogP contribution >= 0.6 is 0 Å². The summed E-state index contributed by atoms with van der Waals surface area (Å²) in [6.45, 7) is 2.59.